The van der Waals surface area contributed by atoms with E-state index in [-0.39, 0.29) is 93.7 Å². The van der Waals surface area contributed by atoms with Gasteiger partial charge in [-0.3, -0.25) is 86.3 Å². The van der Waals surface area contributed by atoms with Crippen molar-refractivity contribution in [1.82, 2.24) is 47.9 Å². The van der Waals surface area contributed by atoms with Crippen LogP contribution in [0.25, 0.3) is 0 Å². The summed E-state index contributed by atoms with van der Waals surface area (Å²) in [5.41, 5.74) is -4.49. The van der Waals surface area contributed by atoms with Crippen LogP contribution in [0.4, 0.5) is 0 Å². The molecule has 0 aromatic carbocycles. The Balaban J connectivity index is -0.000000227. The molecule has 0 rings (SSSR count). The number of rotatable bonds is 58. The Labute approximate surface area is 709 Å². The number of carboxylic acid groups (broad SMARTS) is 3. The highest BCUT2D eigenvalue weighted by Crippen LogP contribution is 2.25. The summed E-state index contributed by atoms with van der Waals surface area (Å²) in [7, 11) is 13.8. The predicted molar refractivity (Wildman–Crippen MR) is 421 cm³/mol. The van der Waals surface area contributed by atoms with Crippen LogP contribution in [0.3, 0.4) is 0 Å². The van der Waals surface area contributed by atoms with Crippen molar-refractivity contribution in [3.8, 4) is 12.8 Å². The summed E-state index contributed by atoms with van der Waals surface area (Å²) in [5, 5.41) is 75.6. The standard InChI is InChI=1S/C24H41N3O11.C14H22O6.2C12H23N3O7.C6H8O7.C2H7NO.C2H2.CH4/c1-18(28)37-21(31)11-9-7-5-6-8-10-12-22(32)38-24(23(33)27-17-36-4,13-19(29)25-15-34-2)14-20(30)26-16-35-3;1-11(15)19-13(17)9-7-5-3-4-6-8-10-14(18)20-12(2)16;2*1-20-6-13-9(16)4-12(19,11(18)15-8-22-3)5-10(17)14-7-21-2;7-3(8)1-6(13,5(11)12)2-4(9)10;1-4-2-3;1-2;/h5-17H2,1-4H3,(H,25,29)(H,26,30)(H,27,33);3-10H2,1-2H3;2*19H,4-8H2,1-3H3,(H,13,16)(H,14,17)(H,15,18);13H,1-2H2,(H,7,8)(H,9,10)(H,11,12);2-3H2,1H3;1-2H;1H4/i;;;;;;1D;. The third kappa shape index (κ3) is 76.9. The second-order valence-corrected chi connectivity index (χ2v) is 24.7. The van der Waals surface area contributed by atoms with E-state index in [2.05, 4.69) is 102 Å². The maximum Gasteiger partial charge on any atom is 0.336 e. The Bertz CT molecular complexity index is 2960. The summed E-state index contributed by atoms with van der Waals surface area (Å²) < 4.78 is 71.2. The normalized spacial score (nSPS) is 10.4. The Morgan fingerprint density at radius 3 is 0.705 bits per heavy atom. The monoisotopic (exact) mass is 1770 g/mol. The number of esters is 7. The third-order valence-corrected chi connectivity index (χ3v) is 14.1. The van der Waals surface area contributed by atoms with Gasteiger partial charge < -0.3 is 151 Å². The molecule has 0 aliphatic rings. The molecule has 0 aliphatic heterocycles. The minimum Gasteiger partial charge on any atom is -0.481 e. The summed E-state index contributed by atoms with van der Waals surface area (Å²) >= 11 is 0. The van der Waals surface area contributed by atoms with Crippen molar-refractivity contribution in [3.63, 3.8) is 0 Å². The molecule has 0 bridgehead atoms. The fraction of sp³-hybridized carbons (Fsp3) is 0.712. The van der Waals surface area contributed by atoms with Crippen LogP contribution in [-0.2, 0) is 157 Å². The van der Waals surface area contributed by atoms with Crippen molar-refractivity contribution in [2.75, 3.05) is 138 Å². The molecule has 0 spiro atoms. The molecule has 0 saturated heterocycles. The number of amides is 9. The first-order valence-electron chi connectivity index (χ1n) is 37.0. The number of aliphatic hydroxyl groups is 3. The second kappa shape index (κ2) is 81.5. The van der Waals surface area contributed by atoms with Crippen molar-refractivity contribution >= 4 is 113 Å². The third-order valence-electron chi connectivity index (χ3n) is 14.1. The van der Waals surface area contributed by atoms with Crippen LogP contribution in [-0.4, -0.2) is 304 Å². The van der Waals surface area contributed by atoms with Crippen LogP contribution >= 0.6 is 0 Å². The average molecular weight is 1770 g/mol. The highest BCUT2D eigenvalue weighted by atomic mass is 16.6. The lowest BCUT2D eigenvalue weighted by Gasteiger charge is -2.31. The molecule has 49 nitrogen and oxygen atoms in total. The number of carbonyl (C=O) groups excluding carboxylic acids is 16. The lowest BCUT2D eigenvalue weighted by atomic mass is 9.92. The topological polar surface area (TPSA) is 709 Å². The number of methoxy groups -OCH3 is 10. The smallest absolute Gasteiger partial charge is 0.336 e. The van der Waals surface area contributed by atoms with Gasteiger partial charge in [-0.05, 0) is 25.7 Å². The number of nitrogens with two attached hydrogens (primary N) is 1. The second-order valence-electron chi connectivity index (χ2n) is 24.7. The van der Waals surface area contributed by atoms with Crippen LogP contribution < -0.4 is 53.6 Å². The Kier molecular flexibility index (Phi) is 83.3. The van der Waals surface area contributed by atoms with E-state index in [9.17, 15) is 101 Å². The molecule has 0 aromatic heterocycles. The van der Waals surface area contributed by atoms with Gasteiger partial charge in [0.15, 0.2) is 16.8 Å². The van der Waals surface area contributed by atoms with Gasteiger partial charge in [-0.2, -0.15) is 0 Å². The van der Waals surface area contributed by atoms with Gasteiger partial charge in [-0.1, -0.05) is 58.8 Å². The van der Waals surface area contributed by atoms with Crippen molar-refractivity contribution in [2.45, 2.75) is 205 Å². The molecule has 49 heteroatoms. The molecule has 0 radical (unpaired) electrons. The average Bonchev–Trinajstić information content (AvgIpc) is 0.803. The van der Waals surface area contributed by atoms with Crippen molar-refractivity contribution in [3.05, 3.63) is 0 Å². The molecule has 0 aromatic rings. The van der Waals surface area contributed by atoms with Gasteiger partial charge >= 0.3 is 59.7 Å². The van der Waals surface area contributed by atoms with Gasteiger partial charge in [-0.25, -0.2) is 4.79 Å². The minimum atomic E-state index is -2.74. The van der Waals surface area contributed by atoms with Crippen molar-refractivity contribution in [2.24, 2.45) is 5.73 Å². The molecular formula is C73H130N10O39. The molecule has 0 atom stereocenters. The Morgan fingerprint density at radius 2 is 0.508 bits per heavy atom. The molecule has 0 unspecified atom stereocenters. The van der Waals surface area contributed by atoms with E-state index in [0.717, 1.165) is 44.9 Å². The van der Waals surface area contributed by atoms with Gasteiger partial charge in [-0.15, -0.1) is 12.8 Å². The lowest BCUT2D eigenvalue weighted by molar-refractivity contribution is -0.174. The number of nitrogens with one attached hydrogen (secondary N) is 9. The van der Waals surface area contributed by atoms with Crippen molar-refractivity contribution < 1.29 is 189 Å². The van der Waals surface area contributed by atoms with Crippen molar-refractivity contribution in [1.29, 1.82) is 0 Å². The van der Waals surface area contributed by atoms with E-state index < -0.39 is 187 Å². The molecule has 0 fully saturated rings. The Hall–Kier alpha value is -10.5. The highest BCUT2D eigenvalue weighted by Gasteiger charge is 2.47. The number of unbranched alkanes of at least 4 members (excludes halogenated alkanes) is 10. The van der Waals surface area contributed by atoms with Gasteiger partial charge in [0.05, 0.1) is 58.1 Å². The molecular weight excluding hydrogens is 1640 g/mol. The lowest BCUT2D eigenvalue weighted by Crippen LogP contribution is -2.55. The summed E-state index contributed by atoms with van der Waals surface area (Å²) in [6, 6.07) is 0. The largest absolute Gasteiger partial charge is 0.481 e. The molecule has 0 aliphatic carbocycles. The maximum absolute atomic E-state index is 13.0. The van der Waals surface area contributed by atoms with E-state index in [1.165, 1.54) is 91.2 Å². The first kappa shape index (κ1) is 125. The van der Waals surface area contributed by atoms with Gasteiger partial charge in [0.2, 0.25) is 41.0 Å². The van der Waals surface area contributed by atoms with Crippen LogP contribution in [0.5, 0.6) is 0 Å². The summed E-state index contributed by atoms with van der Waals surface area (Å²) in [4.78, 5) is 217. The first-order chi connectivity index (χ1) is 57.4. The molecule has 122 heavy (non-hydrogen) atoms. The molecule has 706 valence electrons. The zero-order chi connectivity index (χ0) is 95.0. The van der Waals surface area contributed by atoms with Gasteiger partial charge in [0.25, 0.3) is 17.7 Å². The first-order valence-corrected chi connectivity index (χ1v) is 36.5. The van der Waals surface area contributed by atoms with Crippen LogP contribution in [0.2, 0.25) is 0 Å². The van der Waals surface area contributed by atoms with E-state index in [4.69, 9.17) is 46.5 Å². The summed E-state index contributed by atoms with van der Waals surface area (Å²) in [6.45, 7) is 2.73. The quantitative estimate of drug-likeness (QED) is 0.00731. The fourth-order valence-corrected chi connectivity index (χ4v) is 8.67. The molecule has 9 amide bonds. The number of terminal acetylenes is 1. The van der Waals surface area contributed by atoms with Crippen LogP contribution in [0, 0.1) is 12.8 Å². The minimum absolute atomic E-state index is 0. The maximum atomic E-state index is 13.0. The highest BCUT2D eigenvalue weighted by molar-refractivity contribution is 5.98. The number of carboxylic acids is 3. The van der Waals surface area contributed by atoms with Crippen LogP contribution in [0.15, 0.2) is 0 Å². The number of carbonyl (C=O) groups is 19. The number of ether oxygens (including phenoxy) is 14. The molecule has 0 saturated carbocycles. The van der Waals surface area contributed by atoms with E-state index in [1.54, 1.807) is 7.11 Å². The SMILES string of the molecule is C.CC(=O)OC(=O)CCCCCCCCC(=O)OC(C)=O.COCN.COCNC(=O)CC(CC(=O)NCOC)(OC(=O)CCCCCCCCC(=O)OC(C)=O)C(=O)NCOC.COCNC(=O)CC(O)(CC(=O)NCOC)C(=O)NCOC.COCNC(=O)CC(O)(CC(=O)NCOC)C(=O)NCOC.O=C(O)CC(O)(CC(=O)O)C(=O)O.[2H]C#C. The Morgan fingerprint density at radius 1 is 0.311 bits per heavy atom. The van der Waals surface area contributed by atoms with E-state index in [1.807, 2.05) is 0 Å². The zero-order valence-corrected chi connectivity index (χ0v) is 70.9. The number of hydrogen-bond acceptors (Lipinski definition) is 37. The molecule has 17 N–H and O–H groups in total. The number of hydrogen-bond donors (Lipinski definition) is 16. The van der Waals surface area contributed by atoms with Crippen LogP contribution in [0.1, 0.15) is 184 Å². The summed E-state index contributed by atoms with van der Waals surface area (Å²) in [5.74, 6) is -15.6. The van der Waals surface area contributed by atoms with Gasteiger partial charge in [0.1, 0.15) is 61.9 Å². The van der Waals surface area contributed by atoms with Gasteiger partial charge in [0, 0.05) is 118 Å². The summed E-state index contributed by atoms with van der Waals surface area (Å²) in [6.07, 6.45) is 9.57. The zero-order valence-electron chi connectivity index (χ0n) is 71.9. The van der Waals surface area contributed by atoms with E-state index >= 15 is 0 Å². The predicted octanol–water partition coefficient (Wildman–Crippen LogP) is -2.79. The fourth-order valence-electron chi connectivity index (χ4n) is 8.67. The molecule has 0 heterocycles. The van der Waals surface area contributed by atoms with E-state index in [0.29, 0.717) is 38.8 Å². The number of aliphatic carboxylic acids is 3.